The monoisotopic (exact) mass is 445 g/mol. The number of carbonyl (C=O) groups excluding carboxylic acids is 2. The highest BCUT2D eigenvalue weighted by molar-refractivity contribution is 7.71. The van der Waals surface area contributed by atoms with Gasteiger partial charge in [0.15, 0.2) is 10.6 Å². The van der Waals surface area contributed by atoms with Gasteiger partial charge >= 0.3 is 0 Å². The minimum atomic E-state index is -0.893. The molecular formula is C21H21F2N5O2S. The van der Waals surface area contributed by atoms with E-state index in [0.717, 1.165) is 23.3 Å². The van der Waals surface area contributed by atoms with E-state index in [1.807, 2.05) is 31.2 Å². The number of aryl methyl sites for hydroxylation is 1. The topological polar surface area (TPSA) is 83.0 Å². The molecule has 0 fully saturated rings. The van der Waals surface area contributed by atoms with E-state index in [4.69, 9.17) is 12.2 Å². The van der Waals surface area contributed by atoms with Crippen LogP contribution in [0.25, 0.3) is 11.4 Å². The fourth-order valence-corrected chi connectivity index (χ4v) is 3.17. The van der Waals surface area contributed by atoms with Gasteiger partial charge < -0.3 is 10.2 Å². The number of halogens is 2. The lowest BCUT2D eigenvalue weighted by molar-refractivity contribution is -0.135. The molecule has 10 heteroatoms. The van der Waals surface area contributed by atoms with Crippen LogP contribution >= 0.6 is 12.2 Å². The summed E-state index contributed by atoms with van der Waals surface area (Å²) < 4.78 is 29.3. The van der Waals surface area contributed by atoms with Crippen molar-refractivity contribution in [3.8, 4) is 11.4 Å². The maximum Gasteiger partial charge on any atom is 0.244 e. The number of para-hydroxylation sites is 1. The standard InChI is InChI=1S/C21H21F2N5O2S/c1-3-27(11-17(29)24-19-15(22)5-4-6-16(19)23)18(30)12-28-20(25-26-21(28)31)14-9-7-13(2)8-10-14/h4-10H,3,11-12H2,1-2H3,(H,24,29)(H,26,31). The van der Waals surface area contributed by atoms with Crippen LogP contribution in [0.1, 0.15) is 12.5 Å². The Kier molecular flexibility index (Phi) is 6.91. The SMILES string of the molecule is CCN(CC(=O)Nc1c(F)cccc1F)C(=O)Cn1c(-c2ccc(C)cc2)n[nH]c1=S. The van der Waals surface area contributed by atoms with Gasteiger partial charge in [0.05, 0.1) is 6.54 Å². The van der Waals surface area contributed by atoms with Gasteiger partial charge in [-0.15, -0.1) is 0 Å². The minimum absolute atomic E-state index is 0.145. The van der Waals surface area contributed by atoms with Gasteiger partial charge in [0.25, 0.3) is 0 Å². The van der Waals surface area contributed by atoms with Crippen LogP contribution in [-0.4, -0.2) is 44.6 Å². The Balaban J connectivity index is 1.73. The molecule has 2 N–H and O–H groups in total. The molecular weight excluding hydrogens is 424 g/mol. The first kappa shape index (κ1) is 22.3. The lowest BCUT2D eigenvalue weighted by atomic mass is 10.1. The van der Waals surface area contributed by atoms with Crippen molar-refractivity contribution >= 4 is 29.7 Å². The van der Waals surface area contributed by atoms with Crippen molar-refractivity contribution in [1.29, 1.82) is 0 Å². The molecule has 31 heavy (non-hydrogen) atoms. The second kappa shape index (κ2) is 9.61. The second-order valence-electron chi connectivity index (χ2n) is 6.86. The fraction of sp³-hybridized carbons (Fsp3) is 0.238. The highest BCUT2D eigenvalue weighted by Crippen LogP contribution is 2.19. The molecule has 2 aromatic carbocycles. The highest BCUT2D eigenvalue weighted by Gasteiger charge is 2.20. The number of hydrogen-bond acceptors (Lipinski definition) is 4. The predicted octanol–water partition coefficient (Wildman–Crippen LogP) is 3.68. The van der Waals surface area contributed by atoms with Crippen LogP contribution in [0.4, 0.5) is 14.5 Å². The number of aromatic nitrogens is 3. The first-order valence-electron chi connectivity index (χ1n) is 9.54. The van der Waals surface area contributed by atoms with Crippen molar-refractivity contribution in [2.75, 3.05) is 18.4 Å². The molecule has 3 rings (SSSR count). The number of amides is 2. The molecule has 0 unspecified atom stereocenters. The summed E-state index contributed by atoms with van der Waals surface area (Å²) in [6.07, 6.45) is 0. The Morgan fingerprint density at radius 3 is 2.42 bits per heavy atom. The molecule has 1 aromatic heterocycles. The number of benzene rings is 2. The number of hydrogen-bond donors (Lipinski definition) is 2. The maximum absolute atomic E-state index is 13.8. The summed E-state index contributed by atoms with van der Waals surface area (Å²) in [7, 11) is 0. The molecule has 7 nitrogen and oxygen atoms in total. The molecule has 0 atom stereocenters. The molecule has 3 aromatic rings. The fourth-order valence-electron chi connectivity index (χ4n) is 2.97. The largest absolute Gasteiger partial charge is 0.332 e. The Morgan fingerprint density at radius 2 is 1.81 bits per heavy atom. The zero-order valence-corrected chi connectivity index (χ0v) is 17.8. The lowest BCUT2D eigenvalue weighted by Crippen LogP contribution is -2.40. The third-order valence-corrected chi connectivity index (χ3v) is 4.97. The quantitative estimate of drug-likeness (QED) is 0.544. The molecule has 0 aliphatic rings. The Hall–Kier alpha value is -3.40. The van der Waals surface area contributed by atoms with Gasteiger partial charge in [0.1, 0.15) is 23.9 Å². The Morgan fingerprint density at radius 1 is 1.16 bits per heavy atom. The van der Waals surface area contributed by atoms with Crippen LogP contribution in [0.15, 0.2) is 42.5 Å². The van der Waals surface area contributed by atoms with Gasteiger partial charge in [0, 0.05) is 12.1 Å². The summed E-state index contributed by atoms with van der Waals surface area (Å²) in [5.74, 6) is -2.40. The number of aromatic amines is 1. The van der Waals surface area contributed by atoms with Gasteiger partial charge in [-0.25, -0.2) is 8.78 Å². The van der Waals surface area contributed by atoms with Gasteiger partial charge in [-0.1, -0.05) is 35.9 Å². The molecule has 0 bridgehead atoms. The van der Waals surface area contributed by atoms with Crippen molar-refractivity contribution in [3.05, 3.63) is 64.4 Å². The van der Waals surface area contributed by atoms with Gasteiger partial charge in [-0.2, -0.15) is 5.10 Å². The van der Waals surface area contributed by atoms with Crippen molar-refractivity contribution in [3.63, 3.8) is 0 Å². The number of H-pyrrole nitrogens is 1. The molecule has 0 saturated heterocycles. The normalized spacial score (nSPS) is 10.7. The van der Waals surface area contributed by atoms with Crippen LogP contribution in [0.5, 0.6) is 0 Å². The number of likely N-dealkylation sites (N-methyl/N-ethyl adjacent to an activating group) is 1. The van der Waals surface area contributed by atoms with Crippen LogP contribution in [0, 0.1) is 23.3 Å². The molecule has 1 heterocycles. The Labute approximate surface area is 182 Å². The van der Waals surface area contributed by atoms with Crippen LogP contribution < -0.4 is 5.32 Å². The summed E-state index contributed by atoms with van der Waals surface area (Å²) in [6, 6.07) is 10.9. The van der Waals surface area contributed by atoms with E-state index in [1.54, 1.807) is 11.5 Å². The second-order valence-corrected chi connectivity index (χ2v) is 7.24. The molecule has 0 saturated carbocycles. The molecule has 2 amide bonds. The third kappa shape index (κ3) is 5.21. The van der Waals surface area contributed by atoms with Crippen molar-refractivity contribution in [2.24, 2.45) is 0 Å². The van der Waals surface area contributed by atoms with E-state index < -0.39 is 29.1 Å². The number of nitrogens with one attached hydrogen (secondary N) is 2. The number of anilines is 1. The molecule has 0 radical (unpaired) electrons. The zero-order valence-electron chi connectivity index (χ0n) is 17.0. The lowest BCUT2D eigenvalue weighted by Gasteiger charge is -2.21. The smallest absolute Gasteiger partial charge is 0.244 e. The molecule has 0 spiro atoms. The molecule has 0 aliphatic heterocycles. The summed E-state index contributed by atoms with van der Waals surface area (Å²) >= 11 is 5.25. The zero-order chi connectivity index (χ0) is 22.5. The van der Waals surface area contributed by atoms with Crippen LogP contribution in [-0.2, 0) is 16.1 Å². The molecule has 0 aliphatic carbocycles. The van der Waals surface area contributed by atoms with E-state index in [9.17, 15) is 18.4 Å². The summed E-state index contributed by atoms with van der Waals surface area (Å²) in [6.45, 7) is 3.37. The van der Waals surface area contributed by atoms with E-state index in [2.05, 4.69) is 15.5 Å². The first-order chi connectivity index (χ1) is 14.8. The summed E-state index contributed by atoms with van der Waals surface area (Å²) in [5.41, 5.74) is 1.31. The van der Waals surface area contributed by atoms with Crippen molar-refractivity contribution < 1.29 is 18.4 Å². The summed E-state index contributed by atoms with van der Waals surface area (Å²) in [5, 5.41) is 9.07. The van der Waals surface area contributed by atoms with Crippen LogP contribution in [0.3, 0.4) is 0 Å². The number of nitrogens with zero attached hydrogens (tertiary/aromatic N) is 3. The summed E-state index contributed by atoms with van der Waals surface area (Å²) in [4.78, 5) is 26.4. The number of carbonyl (C=O) groups is 2. The van der Waals surface area contributed by atoms with Crippen molar-refractivity contribution in [1.82, 2.24) is 19.7 Å². The predicted molar refractivity (Wildman–Crippen MR) is 115 cm³/mol. The third-order valence-electron chi connectivity index (χ3n) is 4.66. The van der Waals surface area contributed by atoms with Crippen LogP contribution in [0.2, 0.25) is 0 Å². The average Bonchev–Trinajstić information content (AvgIpc) is 3.09. The van der Waals surface area contributed by atoms with Gasteiger partial charge in [0.2, 0.25) is 11.8 Å². The highest BCUT2D eigenvalue weighted by atomic mass is 32.1. The van der Waals surface area contributed by atoms with E-state index in [1.165, 1.54) is 11.0 Å². The number of rotatable bonds is 7. The Bertz CT molecular complexity index is 1140. The van der Waals surface area contributed by atoms with E-state index in [-0.39, 0.29) is 24.4 Å². The first-order valence-corrected chi connectivity index (χ1v) is 9.94. The minimum Gasteiger partial charge on any atom is -0.332 e. The van der Waals surface area contributed by atoms with E-state index >= 15 is 0 Å². The molecule has 162 valence electrons. The maximum atomic E-state index is 13.8. The van der Waals surface area contributed by atoms with E-state index in [0.29, 0.717) is 5.82 Å². The van der Waals surface area contributed by atoms with Gasteiger partial charge in [-0.05, 0) is 38.2 Å². The van der Waals surface area contributed by atoms with Gasteiger partial charge in [-0.3, -0.25) is 19.3 Å². The van der Waals surface area contributed by atoms with Crippen molar-refractivity contribution in [2.45, 2.75) is 20.4 Å². The average molecular weight is 445 g/mol.